The Morgan fingerprint density at radius 1 is 1.25 bits per heavy atom. The van der Waals surface area contributed by atoms with Crippen LogP contribution in [0.2, 0.25) is 0 Å². The smallest absolute Gasteiger partial charge is 0.223 e. The number of amides is 1. The molecular formula is C19H30N2O3. The lowest BCUT2D eigenvalue weighted by molar-refractivity contribution is -0.121. The molecule has 24 heavy (non-hydrogen) atoms. The van der Waals surface area contributed by atoms with Crippen molar-refractivity contribution in [3.05, 3.63) is 29.3 Å². The molecule has 1 aromatic rings. The molecule has 1 aromatic carbocycles. The monoisotopic (exact) mass is 334 g/mol. The fraction of sp³-hybridized carbons (Fsp3) is 0.632. The van der Waals surface area contributed by atoms with Crippen molar-refractivity contribution < 1.29 is 14.3 Å². The molecule has 0 radical (unpaired) electrons. The van der Waals surface area contributed by atoms with Crippen LogP contribution in [0.4, 0.5) is 0 Å². The highest BCUT2D eigenvalue weighted by atomic mass is 16.5. The van der Waals surface area contributed by atoms with E-state index in [1.54, 1.807) is 7.11 Å². The van der Waals surface area contributed by atoms with Gasteiger partial charge in [-0.15, -0.1) is 0 Å². The summed E-state index contributed by atoms with van der Waals surface area (Å²) >= 11 is 0. The summed E-state index contributed by atoms with van der Waals surface area (Å²) in [5.41, 5.74) is 2.35. The third kappa shape index (κ3) is 6.49. The maximum Gasteiger partial charge on any atom is 0.223 e. The molecule has 2 rings (SSSR count). The van der Waals surface area contributed by atoms with E-state index in [1.165, 1.54) is 11.1 Å². The van der Waals surface area contributed by atoms with Gasteiger partial charge in [-0.2, -0.15) is 0 Å². The largest absolute Gasteiger partial charge is 0.493 e. The van der Waals surface area contributed by atoms with Crippen molar-refractivity contribution in [1.29, 1.82) is 0 Å². The SMILES string of the molecule is COCCN1CC[C@@H](CNC(=O)CCOc2cc(C)cc(C)c2)C1. The summed E-state index contributed by atoms with van der Waals surface area (Å²) in [6, 6.07) is 6.10. The van der Waals surface area contributed by atoms with E-state index in [1.807, 2.05) is 26.0 Å². The Labute approximate surface area is 145 Å². The highest BCUT2D eigenvalue weighted by Gasteiger charge is 2.22. The molecular weight excluding hydrogens is 304 g/mol. The summed E-state index contributed by atoms with van der Waals surface area (Å²) in [4.78, 5) is 14.3. The highest BCUT2D eigenvalue weighted by molar-refractivity contribution is 5.76. The summed E-state index contributed by atoms with van der Waals surface area (Å²) in [7, 11) is 1.73. The van der Waals surface area contributed by atoms with Crippen molar-refractivity contribution in [2.75, 3.05) is 46.5 Å². The van der Waals surface area contributed by atoms with Crippen LogP contribution in [0.1, 0.15) is 24.0 Å². The van der Waals surface area contributed by atoms with Crippen molar-refractivity contribution in [2.45, 2.75) is 26.7 Å². The van der Waals surface area contributed by atoms with E-state index in [4.69, 9.17) is 9.47 Å². The number of likely N-dealkylation sites (tertiary alicyclic amines) is 1. The van der Waals surface area contributed by atoms with Gasteiger partial charge in [-0.25, -0.2) is 0 Å². The number of methoxy groups -OCH3 is 1. The number of ether oxygens (including phenoxy) is 2. The van der Waals surface area contributed by atoms with Crippen LogP contribution in [0, 0.1) is 19.8 Å². The molecule has 0 bridgehead atoms. The lowest BCUT2D eigenvalue weighted by Gasteiger charge is -2.15. The van der Waals surface area contributed by atoms with Crippen molar-refractivity contribution in [2.24, 2.45) is 5.92 Å². The number of carbonyl (C=O) groups excluding carboxylic acids is 1. The fourth-order valence-electron chi connectivity index (χ4n) is 3.13. The number of rotatable bonds is 9. The zero-order valence-electron chi connectivity index (χ0n) is 15.1. The quantitative estimate of drug-likeness (QED) is 0.752. The summed E-state index contributed by atoms with van der Waals surface area (Å²) in [6.45, 7) is 9.15. The summed E-state index contributed by atoms with van der Waals surface area (Å²) < 4.78 is 10.8. The zero-order valence-corrected chi connectivity index (χ0v) is 15.1. The topological polar surface area (TPSA) is 50.8 Å². The van der Waals surface area contributed by atoms with E-state index >= 15 is 0 Å². The van der Waals surface area contributed by atoms with Gasteiger partial charge in [-0.1, -0.05) is 6.07 Å². The maximum absolute atomic E-state index is 12.0. The molecule has 1 atom stereocenters. The minimum absolute atomic E-state index is 0.0646. The van der Waals surface area contributed by atoms with Gasteiger partial charge in [0.15, 0.2) is 0 Å². The van der Waals surface area contributed by atoms with E-state index in [-0.39, 0.29) is 5.91 Å². The van der Waals surface area contributed by atoms with Crippen LogP contribution in [0.25, 0.3) is 0 Å². The summed E-state index contributed by atoms with van der Waals surface area (Å²) in [5.74, 6) is 1.45. The predicted molar refractivity (Wildman–Crippen MR) is 95.5 cm³/mol. The second-order valence-corrected chi connectivity index (χ2v) is 6.67. The van der Waals surface area contributed by atoms with Gasteiger partial charge in [0, 0.05) is 26.7 Å². The number of aryl methyl sites for hydroxylation is 2. The van der Waals surface area contributed by atoms with Gasteiger partial charge < -0.3 is 19.7 Å². The average Bonchev–Trinajstić information content (AvgIpc) is 2.98. The lowest BCUT2D eigenvalue weighted by atomic mass is 10.1. The second-order valence-electron chi connectivity index (χ2n) is 6.67. The van der Waals surface area contributed by atoms with E-state index in [0.29, 0.717) is 18.9 Å². The first kappa shape index (κ1) is 18.7. The number of hydrogen-bond acceptors (Lipinski definition) is 4. The molecule has 5 nitrogen and oxygen atoms in total. The van der Waals surface area contributed by atoms with E-state index in [9.17, 15) is 4.79 Å². The molecule has 1 aliphatic heterocycles. The van der Waals surface area contributed by atoms with E-state index in [0.717, 1.165) is 45.0 Å². The molecule has 1 aliphatic rings. The molecule has 5 heteroatoms. The molecule has 1 heterocycles. The Kier molecular flexibility index (Phi) is 7.53. The van der Waals surface area contributed by atoms with Crippen LogP contribution in [0.15, 0.2) is 18.2 Å². The second kappa shape index (κ2) is 9.64. The third-order valence-electron chi connectivity index (χ3n) is 4.36. The number of carbonyl (C=O) groups is 1. The Morgan fingerprint density at radius 2 is 2.00 bits per heavy atom. The minimum Gasteiger partial charge on any atom is -0.493 e. The van der Waals surface area contributed by atoms with Gasteiger partial charge in [-0.05, 0) is 56.0 Å². The van der Waals surface area contributed by atoms with Gasteiger partial charge in [0.2, 0.25) is 5.91 Å². The molecule has 134 valence electrons. The van der Waals surface area contributed by atoms with Gasteiger partial charge in [0.05, 0.1) is 19.6 Å². The minimum atomic E-state index is 0.0646. The van der Waals surface area contributed by atoms with Crippen molar-refractivity contribution in [3.63, 3.8) is 0 Å². The number of nitrogens with zero attached hydrogens (tertiary/aromatic N) is 1. The van der Waals surface area contributed by atoms with Crippen LogP contribution in [0.3, 0.4) is 0 Å². The van der Waals surface area contributed by atoms with Crippen LogP contribution < -0.4 is 10.1 Å². The first-order chi connectivity index (χ1) is 11.6. The highest BCUT2D eigenvalue weighted by Crippen LogP contribution is 2.16. The maximum atomic E-state index is 12.0. The Hall–Kier alpha value is -1.59. The molecule has 0 unspecified atom stereocenters. The van der Waals surface area contributed by atoms with Crippen LogP contribution in [0.5, 0.6) is 5.75 Å². The number of nitrogens with one attached hydrogen (secondary N) is 1. The average molecular weight is 334 g/mol. The van der Waals surface area contributed by atoms with Gasteiger partial charge in [-0.3, -0.25) is 4.79 Å². The Morgan fingerprint density at radius 3 is 2.71 bits per heavy atom. The molecule has 0 saturated carbocycles. The Balaban J connectivity index is 1.60. The summed E-state index contributed by atoms with van der Waals surface area (Å²) in [5, 5.41) is 3.03. The first-order valence-corrected chi connectivity index (χ1v) is 8.76. The lowest BCUT2D eigenvalue weighted by Crippen LogP contribution is -2.32. The van der Waals surface area contributed by atoms with Gasteiger partial charge in [0.25, 0.3) is 0 Å². The standard InChI is InChI=1S/C19H30N2O3/c1-15-10-16(2)12-18(11-15)24-8-5-19(22)20-13-17-4-6-21(14-17)7-9-23-3/h10-12,17H,4-9,13-14H2,1-3H3,(H,20,22)/t17-/m0/s1. The van der Waals surface area contributed by atoms with Gasteiger partial charge >= 0.3 is 0 Å². The molecule has 0 aliphatic carbocycles. The molecule has 1 saturated heterocycles. The summed E-state index contributed by atoms with van der Waals surface area (Å²) in [6.07, 6.45) is 1.54. The number of benzene rings is 1. The van der Waals surface area contributed by atoms with E-state index < -0.39 is 0 Å². The molecule has 1 amide bonds. The molecule has 1 N–H and O–H groups in total. The van der Waals surface area contributed by atoms with Crippen molar-refractivity contribution in [1.82, 2.24) is 10.2 Å². The van der Waals surface area contributed by atoms with Crippen molar-refractivity contribution in [3.8, 4) is 5.75 Å². The first-order valence-electron chi connectivity index (χ1n) is 8.76. The van der Waals surface area contributed by atoms with Gasteiger partial charge in [0.1, 0.15) is 5.75 Å². The van der Waals surface area contributed by atoms with Crippen LogP contribution >= 0.6 is 0 Å². The molecule has 0 aromatic heterocycles. The van der Waals surface area contributed by atoms with Crippen LogP contribution in [-0.2, 0) is 9.53 Å². The Bertz CT molecular complexity index is 513. The normalized spacial score (nSPS) is 17.9. The third-order valence-corrected chi connectivity index (χ3v) is 4.36. The predicted octanol–water partition coefficient (Wildman–Crippen LogP) is 2.16. The van der Waals surface area contributed by atoms with Crippen molar-refractivity contribution >= 4 is 5.91 Å². The van der Waals surface area contributed by atoms with Crippen LogP contribution in [-0.4, -0.2) is 57.3 Å². The molecule has 0 spiro atoms. The zero-order chi connectivity index (χ0) is 17.4. The van der Waals surface area contributed by atoms with E-state index in [2.05, 4.69) is 16.3 Å². The molecule has 1 fully saturated rings. The fourth-order valence-corrected chi connectivity index (χ4v) is 3.13. The number of hydrogen-bond donors (Lipinski definition) is 1.